The third kappa shape index (κ3) is 3.65. The van der Waals surface area contributed by atoms with Crippen LogP contribution >= 0.6 is 0 Å². The van der Waals surface area contributed by atoms with Gasteiger partial charge >= 0.3 is 0 Å². The molecule has 4 rings (SSSR count). The van der Waals surface area contributed by atoms with Crippen molar-refractivity contribution >= 4 is 23.1 Å². The predicted octanol–water partition coefficient (Wildman–Crippen LogP) is 5.21. The predicted molar refractivity (Wildman–Crippen MR) is 114 cm³/mol. The van der Waals surface area contributed by atoms with Crippen LogP contribution in [0.3, 0.4) is 0 Å². The molecule has 1 heterocycles. The lowest BCUT2D eigenvalue weighted by Crippen LogP contribution is -2.44. The summed E-state index contributed by atoms with van der Waals surface area (Å²) in [5.41, 5.74) is 1.85. The summed E-state index contributed by atoms with van der Waals surface area (Å²) in [6.45, 7) is 5.67. The summed E-state index contributed by atoms with van der Waals surface area (Å²) in [4.78, 5) is 38.9. The third-order valence-corrected chi connectivity index (χ3v) is 6.07. The van der Waals surface area contributed by atoms with E-state index in [1.54, 1.807) is 31.2 Å². The molecule has 0 saturated heterocycles. The number of rotatable bonds is 3. The van der Waals surface area contributed by atoms with Gasteiger partial charge in [-0.2, -0.15) is 0 Å². The van der Waals surface area contributed by atoms with Crippen molar-refractivity contribution in [2.24, 2.45) is 5.41 Å². The van der Waals surface area contributed by atoms with E-state index >= 15 is 0 Å². The van der Waals surface area contributed by atoms with E-state index in [2.05, 4.69) is 0 Å². The van der Waals surface area contributed by atoms with E-state index in [9.17, 15) is 24.1 Å². The zero-order chi connectivity index (χ0) is 22.5. The maximum atomic E-state index is 14.6. The summed E-state index contributed by atoms with van der Waals surface area (Å²) in [5, 5.41) is 11.3. The smallest absolute Gasteiger partial charge is 0.271 e. The number of nitro benzene ring substituents is 1. The Morgan fingerprint density at radius 2 is 1.84 bits per heavy atom. The number of carbonyl (C=O) groups excluding carboxylic acids is 2. The Morgan fingerprint density at radius 3 is 2.52 bits per heavy atom. The van der Waals surface area contributed by atoms with Crippen LogP contribution in [-0.4, -0.2) is 16.6 Å². The Labute approximate surface area is 179 Å². The lowest BCUT2D eigenvalue weighted by atomic mass is 9.69. The Kier molecular flexibility index (Phi) is 5.00. The minimum Gasteiger partial charge on any atom is -0.294 e. The van der Waals surface area contributed by atoms with E-state index in [-0.39, 0.29) is 29.2 Å². The zero-order valence-electron chi connectivity index (χ0n) is 17.6. The number of ketones is 1. The number of non-ortho nitro benzene ring substituents is 1. The van der Waals surface area contributed by atoms with Crippen LogP contribution in [0.4, 0.5) is 15.8 Å². The molecule has 7 heteroatoms. The quantitative estimate of drug-likeness (QED) is 0.503. The van der Waals surface area contributed by atoms with Crippen LogP contribution in [0.1, 0.15) is 50.2 Å². The fourth-order valence-electron chi connectivity index (χ4n) is 4.67. The molecule has 0 spiro atoms. The molecule has 1 aliphatic carbocycles. The van der Waals surface area contributed by atoms with Gasteiger partial charge in [0.1, 0.15) is 5.82 Å². The Bertz CT molecular complexity index is 1150. The van der Waals surface area contributed by atoms with Gasteiger partial charge in [0.25, 0.3) is 5.69 Å². The molecule has 0 fully saturated rings. The largest absolute Gasteiger partial charge is 0.294 e. The van der Waals surface area contributed by atoms with Crippen molar-refractivity contribution in [3.05, 3.63) is 80.8 Å². The summed E-state index contributed by atoms with van der Waals surface area (Å²) in [6.07, 6.45) is 0.660. The van der Waals surface area contributed by atoms with Crippen LogP contribution in [0, 0.1) is 28.3 Å². The number of Topliss-reactive ketones (excluding diaryl/α,β-unsaturated/α-hetero) is 1. The van der Waals surface area contributed by atoms with E-state index in [0.717, 1.165) is 0 Å². The Balaban J connectivity index is 1.95. The summed E-state index contributed by atoms with van der Waals surface area (Å²) >= 11 is 0. The molecule has 160 valence electrons. The van der Waals surface area contributed by atoms with E-state index in [1.165, 1.54) is 23.1 Å². The number of hydrogen-bond acceptors (Lipinski definition) is 4. The number of amides is 1. The monoisotopic (exact) mass is 422 g/mol. The normalized spacial score (nSPS) is 20.6. The molecule has 0 radical (unpaired) electrons. The third-order valence-electron chi connectivity index (χ3n) is 6.07. The van der Waals surface area contributed by atoms with Crippen molar-refractivity contribution in [2.75, 3.05) is 4.90 Å². The Hall–Kier alpha value is -3.35. The van der Waals surface area contributed by atoms with Crippen molar-refractivity contribution in [3.8, 4) is 0 Å². The molecule has 0 bridgehead atoms. The number of halogens is 1. The SMILES string of the molecule is Cc1ccc([N+](=O)[O-])cc1N1C(=O)CC(c2ccccc2F)C2=C1CC(C)(C)CC2=O. The average molecular weight is 422 g/mol. The molecule has 1 amide bonds. The second-order valence-electron chi connectivity index (χ2n) is 9.04. The second kappa shape index (κ2) is 7.41. The highest BCUT2D eigenvalue weighted by Gasteiger charge is 2.45. The number of aryl methyl sites for hydroxylation is 1. The maximum absolute atomic E-state index is 14.6. The van der Waals surface area contributed by atoms with E-state index < -0.39 is 16.7 Å². The molecule has 0 aromatic heterocycles. The molecule has 31 heavy (non-hydrogen) atoms. The molecule has 1 atom stereocenters. The van der Waals surface area contributed by atoms with Crippen LogP contribution in [0.2, 0.25) is 0 Å². The first-order valence-electron chi connectivity index (χ1n) is 10.2. The van der Waals surface area contributed by atoms with Crippen LogP contribution in [-0.2, 0) is 9.59 Å². The second-order valence-corrected chi connectivity index (χ2v) is 9.04. The van der Waals surface area contributed by atoms with E-state index in [1.807, 2.05) is 13.8 Å². The van der Waals surface area contributed by atoms with Crippen molar-refractivity contribution in [1.82, 2.24) is 0 Å². The van der Waals surface area contributed by atoms with Crippen LogP contribution in [0.5, 0.6) is 0 Å². The Morgan fingerprint density at radius 1 is 1.13 bits per heavy atom. The highest BCUT2D eigenvalue weighted by atomic mass is 19.1. The highest BCUT2D eigenvalue weighted by Crippen LogP contribution is 2.49. The van der Waals surface area contributed by atoms with Gasteiger partial charge in [0.05, 0.1) is 10.6 Å². The molecule has 0 saturated carbocycles. The topological polar surface area (TPSA) is 80.5 Å². The summed E-state index contributed by atoms with van der Waals surface area (Å²) in [7, 11) is 0. The molecule has 1 aliphatic heterocycles. The van der Waals surface area contributed by atoms with Crippen molar-refractivity contribution in [3.63, 3.8) is 0 Å². The van der Waals surface area contributed by atoms with Gasteiger partial charge < -0.3 is 0 Å². The van der Waals surface area contributed by atoms with E-state index in [4.69, 9.17) is 0 Å². The van der Waals surface area contributed by atoms with Gasteiger partial charge in [0.2, 0.25) is 5.91 Å². The van der Waals surface area contributed by atoms with E-state index in [0.29, 0.717) is 40.9 Å². The molecule has 6 nitrogen and oxygen atoms in total. The molecule has 0 N–H and O–H groups in total. The number of hydrogen-bond donors (Lipinski definition) is 0. The van der Waals surface area contributed by atoms with Crippen molar-refractivity contribution in [2.45, 2.75) is 46.0 Å². The minimum atomic E-state index is -0.664. The van der Waals surface area contributed by atoms with Gasteiger partial charge in [-0.1, -0.05) is 38.1 Å². The molecular formula is C24H23FN2O4. The molecule has 2 aliphatic rings. The molecule has 2 aromatic rings. The van der Waals surface area contributed by atoms with Crippen LogP contribution in [0.25, 0.3) is 0 Å². The average Bonchev–Trinajstić information content (AvgIpc) is 2.67. The van der Waals surface area contributed by atoms with Crippen molar-refractivity contribution in [1.29, 1.82) is 0 Å². The minimum absolute atomic E-state index is 0.0753. The standard InChI is InChI=1S/C24H23FN2O4/c1-14-8-9-15(27(30)31)10-19(14)26-20-12-24(2,3)13-21(28)23(20)17(11-22(26)29)16-6-4-5-7-18(16)25/h4-10,17H,11-13H2,1-3H3. The van der Waals surface area contributed by atoms with Gasteiger partial charge in [-0.15, -0.1) is 0 Å². The molecule has 1 unspecified atom stereocenters. The number of nitrogens with zero attached hydrogens (tertiary/aromatic N) is 2. The first-order valence-corrected chi connectivity index (χ1v) is 10.2. The molecule has 2 aromatic carbocycles. The fourth-order valence-corrected chi connectivity index (χ4v) is 4.67. The van der Waals surface area contributed by atoms with Crippen molar-refractivity contribution < 1.29 is 18.9 Å². The van der Waals surface area contributed by atoms with Gasteiger partial charge in [-0.05, 0) is 36.0 Å². The molecular weight excluding hydrogens is 399 g/mol. The first-order chi connectivity index (χ1) is 14.6. The van der Waals surface area contributed by atoms with Gasteiger partial charge in [0.15, 0.2) is 5.78 Å². The number of benzene rings is 2. The fraction of sp³-hybridized carbons (Fsp3) is 0.333. The number of allylic oxidation sites excluding steroid dienone is 2. The lowest BCUT2D eigenvalue weighted by molar-refractivity contribution is -0.384. The number of nitro groups is 1. The van der Waals surface area contributed by atoms with Gasteiger partial charge in [0, 0.05) is 42.2 Å². The number of carbonyl (C=O) groups is 2. The number of anilines is 1. The maximum Gasteiger partial charge on any atom is 0.271 e. The summed E-state index contributed by atoms with van der Waals surface area (Å²) < 4.78 is 14.6. The van der Waals surface area contributed by atoms with Gasteiger partial charge in [-0.25, -0.2) is 4.39 Å². The first kappa shape index (κ1) is 20.9. The van der Waals surface area contributed by atoms with Crippen LogP contribution < -0.4 is 4.90 Å². The zero-order valence-corrected chi connectivity index (χ0v) is 17.6. The van der Waals surface area contributed by atoms with Gasteiger partial charge in [-0.3, -0.25) is 24.6 Å². The summed E-state index contributed by atoms with van der Waals surface area (Å²) in [5.74, 6) is -1.53. The lowest BCUT2D eigenvalue weighted by Gasteiger charge is -2.43. The van der Waals surface area contributed by atoms with Crippen LogP contribution in [0.15, 0.2) is 53.7 Å². The summed E-state index contributed by atoms with van der Waals surface area (Å²) in [6, 6.07) is 10.6. The highest BCUT2D eigenvalue weighted by molar-refractivity contribution is 6.08.